The highest BCUT2D eigenvalue weighted by Crippen LogP contribution is 2.27. The van der Waals surface area contributed by atoms with E-state index < -0.39 is 12.0 Å². The van der Waals surface area contributed by atoms with E-state index in [0.717, 1.165) is 4.90 Å². The van der Waals surface area contributed by atoms with E-state index in [0.29, 0.717) is 0 Å². The number of carbonyl (C=O) groups excluding carboxylic acids is 3. The molecule has 1 aliphatic heterocycles. The Labute approximate surface area is 103 Å². The van der Waals surface area contributed by atoms with Crippen LogP contribution in [0.5, 0.6) is 0 Å². The van der Waals surface area contributed by atoms with Crippen molar-refractivity contribution in [3.05, 3.63) is 12.2 Å². The van der Waals surface area contributed by atoms with Gasteiger partial charge in [-0.2, -0.15) is 0 Å². The number of hydrogen-bond donors (Lipinski definition) is 0. The third kappa shape index (κ3) is 2.34. The zero-order valence-electron chi connectivity index (χ0n) is 9.10. The van der Waals surface area contributed by atoms with Gasteiger partial charge in [0.05, 0.1) is 12.5 Å². The summed E-state index contributed by atoms with van der Waals surface area (Å²) < 4.78 is 4.71. The number of cyclic esters (lactones) is 1. The summed E-state index contributed by atoms with van der Waals surface area (Å²) in [5.41, 5.74) is 0. The molecule has 1 aliphatic carbocycles. The van der Waals surface area contributed by atoms with Crippen LogP contribution in [0.3, 0.4) is 0 Å². The fourth-order valence-electron chi connectivity index (χ4n) is 2.03. The topological polar surface area (TPSA) is 63.7 Å². The minimum Gasteiger partial charge on any atom is -0.447 e. The van der Waals surface area contributed by atoms with Gasteiger partial charge in [0, 0.05) is 12.3 Å². The molecular weight excluding hydrogens is 246 g/mol. The molecule has 2 rings (SSSR count). The Morgan fingerprint density at radius 3 is 2.88 bits per heavy atom. The van der Waals surface area contributed by atoms with Gasteiger partial charge in [-0.15, -0.1) is 11.6 Å². The van der Waals surface area contributed by atoms with E-state index in [1.807, 2.05) is 0 Å². The third-order valence-electron chi connectivity index (χ3n) is 2.97. The normalized spacial score (nSPS) is 28.4. The molecule has 6 heteroatoms. The highest BCUT2D eigenvalue weighted by Gasteiger charge is 2.37. The largest absolute Gasteiger partial charge is 0.447 e. The zero-order chi connectivity index (χ0) is 12.4. The second-order valence-corrected chi connectivity index (χ2v) is 4.38. The Morgan fingerprint density at radius 2 is 2.29 bits per heavy atom. The van der Waals surface area contributed by atoms with E-state index in [1.54, 1.807) is 0 Å². The number of imide groups is 1. The Balaban J connectivity index is 2.15. The van der Waals surface area contributed by atoms with Crippen LogP contribution in [0.4, 0.5) is 4.79 Å². The molecule has 0 saturated carbocycles. The minimum absolute atomic E-state index is 0.0382. The molecule has 0 N–H and O–H groups in total. The summed E-state index contributed by atoms with van der Waals surface area (Å²) in [6.07, 6.45) is 2.55. The number of hydrogen-bond acceptors (Lipinski definition) is 4. The molecule has 0 bridgehead atoms. The number of rotatable bonds is 2. The van der Waals surface area contributed by atoms with Crippen LogP contribution in [0.1, 0.15) is 6.42 Å². The summed E-state index contributed by atoms with van der Waals surface area (Å²) in [6.45, 7) is 0.496. The van der Waals surface area contributed by atoms with Crippen LogP contribution in [0.2, 0.25) is 0 Å². The molecular formula is C11H12ClNO4. The number of ketones is 1. The first-order valence-electron chi connectivity index (χ1n) is 5.38. The van der Waals surface area contributed by atoms with E-state index in [4.69, 9.17) is 16.3 Å². The van der Waals surface area contributed by atoms with Crippen molar-refractivity contribution in [2.75, 3.05) is 19.0 Å². The van der Waals surface area contributed by atoms with Gasteiger partial charge in [0.1, 0.15) is 6.61 Å². The maximum Gasteiger partial charge on any atom is 0.416 e. The lowest BCUT2D eigenvalue weighted by Gasteiger charge is -2.26. The van der Waals surface area contributed by atoms with Gasteiger partial charge in [-0.3, -0.25) is 9.59 Å². The van der Waals surface area contributed by atoms with Gasteiger partial charge >= 0.3 is 6.09 Å². The van der Waals surface area contributed by atoms with Crippen LogP contribution >= 0.6 is 11.6 Å². The molecule has 1 fully saturated rings. The lowest BCUT2D eigenvalue weighted by atomic mass is 9.84. The van der Waals surface area contributed by atoms with Gasteiger partial charge in [-0.1, -0.05) is 6.08 Å². The summed E-state index contributed by atoms with van der Waals surface area (Å²) in [5, 5.41) is 0. The Hall–Kier alpha value is -1.36. The highest BCUT2D eigenvalue weighted by atomic mass is 35.5. The van der Waals surface area contributed by atoms with Gasteiger partial charge in [0.15, 0.2) is 5.78 Å². The Bertz CT molecular complexity index is 393. The quantitative estimate of drug-likeness (QED) is 0.692. The number of nitrogens with zero attached hydrogens (tertiary/aromatic N) is 1. The second kappa shape index (κ2) is 4.87. The first-order valence-corrected chi connectivity index (χ1v) is 5.92. The smallest absolute Gasteiger partial charge is 0.416 e. The average Bonchev–Trinajstić information content (AvgIpc) is 2.74. The number of amides is 2. The number of alkyl halides is 1. The monoisotopic (exact) mass is 257 g/mol. The fourth-order valence-corrected chi connectivity index (χ4v) is 2.33. The van der Waals surface area contributed by atoms with Crippen LogP contribution in [0, 0.1) is 11.8 Å². The highest BCUT2D eigenvalue weighted by molar-refractivity contribution is 6.18. The van der Waals surface area contributed by atoms with Crippen molar-refractivity contribution in [3.63, 3.8) is 0 Å². The standard InChI is InChI=1S/C11H12ClNO4/c12-6-7-5-8(14)1-2-9(7)10(15)13-3-4-17-11(13)16/h1-2,7,9H,3-6H2/t7-,9+/m0/s1. The van der Waals surface area contributed by atoms with E-state index in [9.17, 15) is 14.4 Å². The molecule has 2 aliphatic rings. The Kier molecular flexibility index (Phi) is 3.47. The molecule has 1 saturated heterocycles. The van der Waals surface area contributed by atoms with Gasteiger partial charge in [-0.25, -0.2) is 9.69 Å². The molecule has 1 heterocycles. The Morgan fingerprint density at radius 1 is 1.53 bits per heavy atom. The van der Waals surface area contributed by atoms with Crippen molar-refractivity contribution in [2.45, 2.75) is 6.42 Å². The van der Waals surface area contributed by atoms with Gasteiger partial charge in [0.2, 0.25) is 5.91 Å². The van der Waals surface area contributed by atoms with Crippen LogP contribution in [-0.4, -0.2) is 41.7 Å². The first kappa shape index (κ1) is 12.1. The summed E-state index contributed by atoms with van der Waals surface area (Å²) in [5.74, 6) is -0.897. The maximum atomic E-state index is 12.1. The summed E-state index contributed by atoms with van der Waals surface area (Å²) in [7, 11) is 0. The molecule has 17 heavy (non-hydrogen) atoms. The third-order valence-corrected chi connectivity index (χ3v) is 3.37. The minimum atomic E-state index is -0.617. The fraction of sp³-hybridized carbons (Fsp3) is 0.545. The molecule has 2 atom stereocenters. The maximum absolute atomic E-state index is 12.1. The van der Waals surface area contributed by atoms with Gasteiger partial charge in [-0.05, 0) is 12.0 Å². The predicted octanol–water partition coefficient (Wildman–Crippen LogP) is 0.965. The molecule has 0 aromatic carbocycles. The van der Waals surface area contributed by atoms with Gasteiger partial charge in [0.25, 0.3) is 0 Å². The second-order valence-electron chi connectivity index (χ2n) is 4.07. The van der Waals surface area contributed by atoms with Crippen molar-refractivity contribution in [2.24, 2.45) is 11.8 Å². The van der Waals surface area contributed by atoms with Crippen molar-refractivity contribution in [1.82, 2.24) is 4.90 Å². The summed E-state index contributed by atoms with van der Waals surface area (Å²) >= 11 is 5.75. The van der Waals surface area contributed by atoms with Crippen molar-refractivity contribution >= 4 is 29.4 Å². The molecule has 0 unspecified atom stereocenters. The van der Waals surface area contributed by atoms with E-state index >= 15 is 0 Å². The van der Waals surface area contributed by atoms with Crippen LogP contribution < -0.4 is 0 Å². The number of ether oxygens (including phenoxy) is 1. The SMILES string of the molecule is O=C1C=C[C@@H](C(=O)N2CCOC2=O)[C@H](CCl)C1. The average molecular weight is 258 g/mol. The number of carbonyl (C=O) groups is 3. The van der Waals surface area contributed by atoms with Crippen molar-refractivity contribution in [1.29, 1.82) is 0 Å². The predicted molar refractivity (Wildman–Crippen MR) is 59.5 cm³/mol. The zero-order valence-corrected chi connectivity index (χ0v) is 9.85. The van der Waals surface area contributed by atoms with E-state index in [1.165, 1.54) is 12.2 Å². The lowest BCUT2D eigenvalue weighted by molar-refractivity contribution is -0.132. The molecule has 2 amide bonds. The van der Waals surface area contributed by atoms with E-state index in [2.05, 4.69) is 0 Å². The molecule has 92 valence electrons. The van der Waals surface area contributed by atoms with Crippen LogP contribution in [-0.2, 0) is 14.3 Å². The number of halogens is 1. The van der Waals surface area contributed by atoms with E-state index in [-0.39, 0.29) is 43.1 Å². The number of allylic oxidation sites excluding steroid dienone is 1. The van der Waals surface area contributed by atoms with Gasteiger partial charge < -0.3 is 4.74 Å². The lowest BCUT2D eigenvalue weighted by Crippen LogP contribution is -2.41. The molecule has 0 aromatic heterocycles. The first-order chi connectivity index (χ1) is 8.13. The summed E-state index contributed by atoms with van der Waals surface area (Å²) in [6, 6.07) is 0. The van der Waals surface area contributed by atoms with Crippen LogP contribution in [0.15, 0.2) is 12.2 Å². The molecule has 0 aromatic rings. The molecule has 0 radical (unpaired) electrons. The van der Waals surface area contributed by atoms with Crippen molar-refractivity contribution in [3.8, 4) is 0 Å². The molecule has 5 nitrogen and oxygen atoms in total. The summed E-state index contributed by atoms with van der Waals surface area (Å²) in [4.78, 5) is 35.7. The molecule has 0 spiro atoms. The van der Waals surface area contributed by atoms with Crippen molar-refractivity contribution < 1.29 is 19.1 Å². The van der Waals surface area contributed by atoms with Crippen LogP contribution in [0.25, 0.3) is 0 Å².